The number of aliphatic hydroxyl groups is 1. The highest BCUT2D eigenvalue weighted by atomic mass is 16.3. The van der Waals surface area contributed by atoms with Crippen molar-refractivity contribution < 1.29 is 9.90 Å². The number of nitrogens with zero attached hydrogens (tertiary/aromatic N) is 3. The van der Waals surface area contributed by atoms with Gasteiger partial charge in [0.15, 0.2) is 5.78 Å². The molecule has 22 heavy (non-hydrogen) atoms. The number of hydrogen-bond acceptors (Lipinski definition) is 6. The zero-order valence-electron chi connectivity index (χ0n) is 13.2. The first-order chi connectivity index (χ1) is 10.6. The Labute approximate surface area is 131 Å². The Bertz CT molecular complexity index is 468. The number of Topliss-reactive ketones (excluding diaryl/α,β-unsaturated/α-hetero) is 1. The Morgan fingerprint density at radius 3 is 2.86 bits per heavy atom. The second kappa shape index (κ2) is 8.36. The van der Waals surface area contributed by atoms with Crippen LogP contribution < -0.4 is 11.1 Å². The number of nitrogens with two attached hydrogens (primary N) is 1. The largest absolute Gasteiger partial charge is 0.391 e. The van der Waals surface area contributed by atoms with Gasteiger partial charge in [0.25, 0.3) is 0 Å². The minimum Gasteiger partial charge on any atom is -0.391 e. The lowest BCUT2D eigenvalue weighted by molar-refractivity contribution is -0.130. The van der Waals surface area contributed by atoms with Gasteiger partial charge in [0, 0.05) is 12.1 Å². The summed E-state index contributed by atoms with van der Waals surface area (Å²) in [6.45, 7) is 4.01. The van der Waals surface area contributed by atoms with Crippen molar-refractivity contribution >= 4 is 5.78 Å². The van der Waals surface area contributed by atoms with E-state index in [9.17, 15) is 9.90 Å². The number of rotatable bonds is 8. The van der Waals surface area contributed by atoms with Crippen molar-refractivity contribution in [3.63, 3.8) is 0 Å². The van der Waals surface area contributed by atoms with Gasteiger partial charge in [-0.2, -0.15) is 0 Å². The predicted octanol–water partition coefficient (Wildman–Crippen LogP) is 0.0501. The van der Waals surface area contributed by atoms with Crippen molar-refractivity contribution in [2.45, 2.75) is 51.2 Å². The highest BCUT2D eigenvalue weighted by Gasteiger charge is 2.33. The summed E-state index contributed by atoms with van der Waals surface area (Å²) in [5.41, 5.74) is 6.33. The summed E-state index contributed by atoms with van der Waals surface area (Å²) in [5.74, 6) is 0.0562. The van der Waals surface area contributed by atoms with Gasteiger partial charge in [-0.3, -0.25) is 4.79 Å². The van der Waals surface area contributed by atoms with Crippen molar-refractivity contribution in [2.24, 2.45) is 11.7 Å². The highest BCUT2D eigenvalue weighted by molar-refractivity contribution is 5.85. The maximum absolute atomic E-state index is 12.7. The maximum atomic E-state index is 12.7. The molecular formula is C15H27N5O2. The molecule has 1 fully saturated rings. The number of carbonyl (C=O) groups is 1. The van der Waals surface area contributed by atoms with E-state index in [2.05, 4.69) is 15.6 Å². The van der Waals surface area contributed by atoms with Crippen LogP contribution in [0.1, 0.15) is 44.3 Å². The molecule has 2 heterocycles. The summed E-state index contributed by atoms with van der Waals surface area (Å²) in [5, 5.41) is 21.5. The van der Waals surface area contributed by atoms with Crippen molar-refractivity contribution in [1.82, 2.24) is 20.3 Å². The minimum atomic E-state index is -0.777. The molecule has 0 aromatic carbocycles. The number of hydrogen-bond donors (Lipinski definition) is 3. The van der Waals surface area contributed by atoms with Crippen molar-refractivity contribution in [3.05, 3.63) is 11.9 Å². The van der Waals surface area contributed by atoms with E-state index in [0.29, 0.717) is 6.54 Å². The lowest BCUT2D eigenvalue weighted by atomic mass is 9.88. The molecule has 4 N–H and O–H groups in total. The number of nitrogens with one attached hydrogen (secondary N) is 1. The van der Waals surface area contributed by atoms with Crippen molar-refractivity contribution in [2.75, 3.05) is 19.6 Å². The smallest absolute Gasteiger partial charge is 0.163 e. The number of carbonyl (C=O) groups excluding carboxylic acids is 1. The van der Waals surface area contributed by atoms with Crippen LogP contribution in [0.5, 0.6) is 0 Å². The van der Waals surface area contributed by atoms with E-state index in [0.717, 1.165) is 50.9 Å². The number of aliphatic hydroxyl groups excluding tert-OH is 1. The van der Waals surface area contributed by atoms with Crippen LogP contribution >= 0.6 is 0 Å². The average molecular weight is 309 g/mol. The van der Waals surface area contributed by atoms with E-state index in [1.807, 2.05) is 0 Å². The Balaban J connectivity index is 2.05. The summed E-state index contributed by atoms with van der Waals surface area (Å²) in [6, 6.07) is -0.640. The van der Waals surface area contributed by atoms with Gasteiger partial charge in [-0.1, -0.05) is 5.21 Å². The molecule has 7 heteroatoms. The Morgan fingerprint density at radius 1 is 1.50 bits per heavy atom. The molecule has 1 aromatic heterocycles. The Kier molecular flexibility index (Phi) is 6.48. The van der Waals surface area contributed by atoms with Crippen LogP contribution in [-0.2, 0) is 11.2 Å². The normalized spacial score (nSPS) is 19.0. The van der Waals surface area contributed by atoms with Crippen molar-refractivity contribution in [3.8, 4) is 0 Å². The summed E-state index contributed by atoms with van der Waals surface area (Å²) >= 11 is 0. The first kappa shape index (κ1) is 17.1. The first-order valence-corrected chi connectivity index (χ1v) is 8.16. The standard InChI is InChI=1S/C15H27N5O2/c1-11(21)14(15(22)12-5-8-17-9-6-12)20-10-13(18-19-20)4-2-3-7-16/h10-12,14,17,21H,2-9,16H2,1H3/t11-,14?/m0/s1. The third kappa shape index (κ3) is 4.34. The molecular weight excluding hydrogens is 282 g/mol. The van der Waals surface area contributed by atoms with Crippen molar-refractivity contribution in [1.29, 1.82) is 0 Å². The van der Waals surface area contributed by atoms with Crippen LogP contribution in [0.25, 0.3) is 0 Å². The number of piperidine rings is 1. The van der Waals surface area contributed by atoms with E-state index >= 15 is 0 Å². The first-order valence-electron chi connectivity index (χ1n) is 8.16. The maximum Gasteiger partial charge on any atom is 0.163 e. The molecule has 1 aromatic rings. The molecule has 0 radical (unpaired) electrons. The van der Waals surface area contributed by atoms with Gasteiger partial charge in [0.1, 0.15) is 6.04 Å². The zero-order valence-corrected chi connectivity index (χ0v) is 13.2. The summed E-state index contributed by atoms with van der Waals surface area (Å²) in [4.78, 5) is 12.7. The fraction of sp³-hybridized carbons (Fsp3) is 0.800. The van der Waals surface area contributed by atoms with E-state index in [1.54, 1.807) is 13.1 Å². The monoisotopic (exact) mass is 309 g/mol. The lowest BCUT2D eigenvalue weighted by Crippen LogP contribution is -2.39. The third-order valence-electron chi connectivity index (χ3n) is 4.22. The number of ketones is 1. The second-order valence-electron chi connectivity index (χ2n) is 6.05. The van der Waals surface area contributed by atoms with Gasteiger partial charge in [-0.15, -0.1) is 5.10 Å². The molecule has 1 aliphatic rings. The van der Waals surface area contributed by atoms with Crippen LogP contribution in [0, 0.1) is 5.92 Å². The quantitative estimate of drug-likeness (QED) is 0.586. The third-order valence-corrected chi connectivity index (χ3v) is 4.22. The molecule has 2 rings (SSSR count). The Morgan fingerprint density at radius 2 is 2.23 bits per heavy atom. The molecule has 1 aliphatic heterocycles. The Hall–Kier alpha value is -1.31. The fourth-order valence-electron chi connectivity index (χ4n) is 2.95. The van der Waals surface area contributed by atoms with Gasteiger partial charge < -0.3 is 16.2 Å². The summed E-state index contributed by atoms with van der Waals surface area (Å²) < 4.78 is 1.53. The predicted molar refractivity (Wildman–Crippen MR) is 83.3 cm³/mol. The number of aryl methyl sites for hydroxylation is 1. The van der Waals surface area contributed by atoms with E-state index in [4.69, 9.17) is 5.73 Å². The lowest BCUT2D eigenvalue weighted by Gasteiger charge is -2.27. The van der Waals surface area contributed by atoms with Crippen LogP contribution in [-0.4, -0.2) is 51.6 Å². The van der Waals surface area contributed by atoms with Gasteiger partial charge in [-0.25, -0.2) is 4.68 Å². The van der Waals surface area contributed by atoms with Crippen LogP contribution in [0.2, 0.25) is 0 Å². The van der Waals surface area contributed by atoms with E-state index in [-0.39, 0.29) is 11.7 Å². The second-order valence-corrected chi connectivity index (χ2v) is 6.05. The summed E-state index contributed by atoms with van der Waals surface area (Å²) in [7, 11) is 0. The van der Waals surface area contributed by atoms with Gasteiger partial charge in [0.2, 0.25) is 0 Å². The molecule has 0 saturated carbocycles. The fourth-order valence-corrected chi connectivity index (χ4v) is 2.95. The minimum absolute atomic E-state index is 0.00857. The average Bonchev–Trinajstić information content (AvgIpc) is 2.96. The van der Waals surface area contributed by atoms with Gasteiger partial charge in [-0.05, 0) is 58.7 Å². The molecule has 1 unspecified atom stereocenters. The molecule has 0 amide bonds. The molecule has 2 atom stereocenters. The molecule has 1 saturated heterocycles. The zero-order chi connectivity index (χ0) is 15.9. The van der Waals surface area contributed by atoms with Gasteiger partial charge in [0.05, 0.1) is 11.8 Å². The SMILES string of the molecule is C[C@H](O)C(C(=O)C1CCNCC1)n1cc(CCCCN)nn1. The van der Waals surface area contributed by atoms with Crippen LogP contribution in [0.4, 0.5) is 0 Å². The topological polar surface area (TPSA) is 106 Å². The molecule has 0 aliphatic carbocycles. The van der Waals surface area contributed by atoms with E-state index < -0.39 is 12.1 Å². The highest BCUT2D eigenvalue weighted by Crippen LogP contribution is 2.23. The number of aromatic nitrogens is 3. The molecule has 0 spiro atoms. The molecule has 7 nitrogen and oxygen atoms in total. The summed E-state index contributed by atoms with van der Waals surface area (Å²) in [6.07, 6.45) is 5.34. The van der Waals surface area contributed by atoms with Gasteiger partial charge >= 0.3 is 0 Å². The number of unbranched alkanes of at least 4 members (excludes halogenated alkanes) is 1. The van der Waals surface area contributed by atoms with E-state index in [1.165, 1.54) is 4.68 Å². The molecule has 124 valence electrons. The van der Waals surface area contributed by atoms with Crippen LogP contribution in [0.3, 0.4) is 0 Å². The van der Waals surface area contributed by atoms with Crippen LogP contribution in [0.15, 0.2) is 6.20 Å². The molecule has 0 bridgehead atoms.